The average molecular weight is 453 g/mol. The van der Waals surface area contributed by atoms with Crippen molar-refractivity contribution in [3.63, 3.8) is 0 Å². The predicted octanol–water partition coefficient (Wildman–Crippen LogP) is 5.86. The molecule has 0 aromatic heterocycles. The van der Waals surface area contributed by atoms with Gasteiger partial charge >= 0.3 is 0 Å². The van der Waals surface area contributed by atoms with E-state index < -0.39 is 24.3 Å². The molecule has 4 rings (SSSR count). The predicted molar refractivity (Wildman–Crippen MR) is 133 cm³/mol. The fraction of sp³-hybridized carbons (Fsp3) is 0.231. The summed E-state index contributed by atoms with van der Waals surface area (Å²) in [4.78, 5) is 5.74. The average Bonchev–Trinajstić information content (AvgIpc) is 2.87. The van der Waals surface area contributed by atoms with Crippen LogP contribution in [0.2, 0.25) is 0 Å². The normalized spacial score (nSPS) is 14.5. The molecule has 8 heteroatoms. The number of fused-ring (bicyclic) bond motifs is 2. The monoisotopic (exact) mass is 452 g/mol. The number of azide groups is 2. The molecule has 0 radical (unpaired) electrons. The molecule has 170 valence electrons. The van der Waals surface area contributed by atoms with Gasteiger partial charge < -0.3 is 10.2 Å². The summed E-state index contributed by atoms with van der Waals surface area (Å²) < 4.78 is 0. The number of aliphatic hydroxyl groups is 2. The molecule has 0 aliphatic carbocycles. The van der Waals surface area contributed by atoms with E-state index in [0.29, 0.717) is 0 Å². The molecule has 8 nitrogen and oxygen atoms in total. The quantitative estimate of drug-likeness (QED) is 0.187. The fourth-order valence-corrected chi connectivity index (χ4v) is 4.26. The van der Waals surface area contributed by atoms with Gasteiger partial charge in [0, 0.05) is 9.82 Å². The van der Waals surface area contributed by atoms with Gasteiger partial charge in [-0.2, -0.15) is 0 Å². The first kappa shape index (κ1) is 23.1. The Morgan fingerprint density at radius 1 is 0.588 bits per heavy atom. The molecule has 0 unspecified atom stereocenters. The maximum Gasteiger partial charge on any atom is 0.0891 e. The maximum absolute atomic E-state index is 10.9. The summed E-state index contributed by atoms with van der Waals surface area (Å²) in [5.41, 5.74) is 19.9. The van der Waals surface area contributed by atoms with Crippen LogP contribution in [0.3, 0.4) is 0 Å². The molecular weight excluding hydrogens is 428 g/mol. The van der Waals surface area contributed by atoms with Gasteiger partial charge in [0.05, 0.1) is 24.3 Å². The van der Waals surface area contributed by atoms with Crippen molar-refractivity contribution in [3.05, 3.63) is 117 Å². The van der Waals surface area contributed by atoms with Gasteiger partial charge in [0.2, 0.25) is 0 Å². The van der Waals surface area contributed by atoms with Gasteiger partial charge in [-0.05, 0) is 56.6 Å². The molecule has 0 spiro atoms. The molecule has 4 aromatic carbocycles. The Labute approximate surface area is 196 Å². The second kappa shape index (κ2) is 10.7. The molecule has 0 saturated heterocycles. The lowest BCUT2D eigenvalue weighted by molar-refractivity contribution is -0.00953. The molecule has 0 bridgehead atoms. The molecule has 0 amide bonds. The van der Waals surface area contributed by atoms with Gasteiger partial charge in [0.1, 0.15) is 0 Å². The van der Waals surface area contributed by atoms with Crippen LogP contribution in [-0.2, 0) is 12.8 Å². The van der Waals surface area contributed by atoms with Crippen LogP contribution in [0.5, 0.6) is 0 Å². The zero-order valence-electron chi connectivity index (χ0n) is 18.4. The molecule has 0 saturated carbocycles. The van der Waals surface area contributed by atoms with Gasteiger partial charge in [0.25, 0.3) is 0 Å². The number of rotatable bonds is 9. The molecular formula is C26H24N6O2. The van der Waals surface area contributed by atoms with Gasteiger partial charge in [0.15, 0.2) is 0 Å². The molecule has 4 atom stereocenters. The summed E-state index contributed by atoms with van der Waals surface area (Å²) in [6, 6.07) is 25.5. The minimum atomic E-state index is -1.42. The van der Waals surface area contributed by atoms with Crippen molar-refractivity contribution < 1.29 is 10.2 Å². The molecule has 0 fully saturated rings. The van der Waals surface area contributed by atoms with Crippen molar-refractivity contribution >= 4 is 21.5 Å². The second-order valence-corrected chi connectivity index (χ2v) is 8.30. The van der Waals surface area contributed by atoms with Crippen molar-refractivity contribution in [1.82, 2.24) is 0 Å². The maximum atomic E-state index is 10.9. The van der Waals surface area contributed by atoms with Gasteiger partial charge in [-0.3, -0.25) is 0 Å². The highest BCUT2D eigenvalue weighted by Gasteiger charge is 2.31. The van der Waals surface area contributed by atoms with Crippen molar-refractivity contribution in [2.24, 2.45) is 10.2 Å². The van der Waals surface area contributed by atoms with Crippen molar-refractivity contribution in [3.8, 4) is 0 Å². The topological polar surface area (TPSA) is 138 Å². The van der Waals surface area contributed by atoms with Crippen molar-refractivity contribution in [2.75, 3.05) is 0 Å². The Kier molecular flexibility index (Phi) is 7.28. The van der Waals surface area contributed by atoms with Gasteiger partial charge in [-0.1, -0.05) is 95.2 Å². The van der Waals surface area contributed by atoms with E-state index in [1.54, 1.807) is 0 Å². The molecule has 4 aromatic rings. The number of aliphatic hydroxyl groups excluding tert-OH is 2. The van der Waals surface area contributed by atoms with Crippen molar-refractivity contribution in [1.29, 1.82) is 0 Å². The minimum absolute atomic E-state index is 0.228. The van der Waals surface area contributed by atoms with E-state index in [0.717, 1.165) is 32.7 Å². The van der Waals surface area contributed by atoms with E-state index in [1.165, 1.54) is 0 Å². The van der Waals surface area contributed by atoms with Crippen LogP contribution in [0.4, 0.5) is 0 Å². The van der Waals surface area contributed by atoms with E-state index in [9.17, 15) is 10.2 Å². The number of benzene rings is 4. The highest BCUT2D eigenvalue weighted by atomic mass is 16.3. The smallest absolute Gasteiger partial charge is 0.0891 e. The summed E-state index contributed by atoms with van der Waals surface area (Å²) in [6.07, 6.45) is -2.38. The van der Waals surface area contributed by atoms with E-state index in [-0.39, 0.29) is 12.8 Å². The van der Waals surface area contributed by atoms with Crippen LogP contribution in [0.15, 0.2) is 95.2 Å². The minimum Gasteiger partial charge on any atom is -0.390 e. The van der Waals surface area contributed by atoms with Crippen LogP contribution < -0.4 is 0 Å². The van der Waals surface area contributed by atoms with Crippen LogP contribution in [0.25, 0.3) is 42.4 Å². The molecule has 2 N–H and O–H groups in total. The Morgan fingerprint density at radius 2 is 0.971 bits per heavy atom. The Balaban J connectivity index is 1.55. The first-order valence-corrected chi connectivity index (χ1v) is 11.0. The third kappa shape index (κ3) is 5.29. The van der Waals surface area contributed by atoms with Crippen LogP contribution in [-0.4, -0.2) is 34.5 Å². The molecule has 0 heterocycles. The van der Waals surface area contributed by atoms with E-state index in [1.807, 2.05) is 84.9 Å². The number of hydrogen-bond donors (Lipinski definition) is 2. The summed E-state index contributed by atoms with van der Waals surface area (Å²) in [5.74, 6) is 0. The lowest BCUT2D eigenvalue weighted by Gasteiger charge is -2.28. The largest absolute Gasteiger partial charge is 0.390 e. The fourth-order valence-electron chi connectivity index (χ4n) is 4.26. The summed E-state index contributed by atoms with van der Waals surface area (Å²) in [7, 11) is 0. The lowest BCUT2D eigenvalue weighted by atomic mass is 9.91. The molecule has 34 heavy (non-hydrogen) atoms. The SMILES string of the molecule is [N-]=[N+]=N[C@@H](Cc1ccc2ccccc2c1)[C@@H](O)[C@H](O)[C@H](Cc1ccc2ccccc2c1)N=[N+]=[N-]. The lowest BCUT2D eigenvalue weighted by Crippen LogP contribution is -2.44. The highest BCUT2D eigenvalue weighted by molar-refractivity contribution is 5.83. The Hall–Kier alpha value is -4.06. The highest BCUT2D eigenvalue weighted by Crippen LogP contribution is 2.23. The number of hydrogen-bond acceptors (Lipinski definition) is 4. The van der Waals surface area contributed by atoms with Crippen molar-refractivity contribution in [2.45, 2.75) is 37.1 Å². The Bertz CT molecular complexity index is 1290. The summed E-state index contributed by atoms with van der Waals surface area (Å²) in [6.45, 7) is 0. The molecule has 0 aliphatic rings. The zero-order valence-corrected chi connectivity index (χ0v) is 18.4. The first-order valence-electron chi connectivity index (χ1n) is 11.0. The van der Waals surface area contributed by atoms with E-state index in [2.05, 4.69) is 20.1 Å². The third-order valence-electron chi connectivity index (χ3n) is 6.06. The van der Waals surface area contributed by atoms with E-state index in [4.69, 9.17) is 11.1 Å². The standard InChI is InChI=1S/C26H24N6O2/c27-31-29-23(15-17-9-11-19-5-1-3-7-21(19)13-17)25(33)26(34)24(30-32-28)16-18-10-12-20-6-2-4-8-22(20)14-18/h1-14,23-26,33-34H,15-16H2/t23-,24-,25+,26+/m0/s1. The summed E-state index contributed by atoms with van der Waals surface area (Å²) >= 11 is 0. The van der Waals surface area contributed by atoms with E-state index >= 15 is 0 Å². The Morgan fingerprint density at radius 3 is 1.35 bits per heavy atom. The zero-order chi connectivity index (χ0) is 23.9. The first-order chi connectivity index (χ1) is 16.6. The van der Waals surface area contributed by atoms with Crippen LogP contribution in [0, 0.1) is 0 Å². The van der Waals surface area contributed by atoms with Gasteiger partial charge in [-0.25, -0.2) is 0 Å². The van der Waals surface area contributed by atoms with Gasteiger partial charge in [-0.15, -0.1) is 0 Å². The van der Waals surface area contributed by atoms with Crippen LogP contribution >= 0.6 is 0 Å². The van der Waals surface area contributed by atoms with Crippen LogP contribution in [0.1, 0.15) is 11.1 Å². The summed E-state index contributed by atoms with van der Waals surface area (Å²) in [5, 5.41) is 33.6. The second-order valence-electron chi connectivity index (χ2n) is 8.30. The number of nitrogens with zero attached hydrogens (tertiary/aromatic N) is 6. The molecule has 0 aliphatic heterocycles. The third-order valence-corrected chi connectivity index (χ3v) is 6.06.